The van der Waals surface area contributed by atoms with Crippen molar-refractivity contribution in [2.45, 2.75) is 224 Å². The van der Waals surface area contributed by atoms with Gasteiger partial charge in [-0.3, -0.25) is 0 Å². The molecule has 0 saturated carbocycles. The molecule has 4 nitrogen and oxygen atoms in total. The number of nitrogens with two attached hydrogens (primary N) is 1. The highest BCUT2D eigenvalue weighted by molar-refractivity contribution is 7.99. The molecular weight excluding hydrogens is 577 g/mol. The van der Waals surface area contributed by atoms with Gasteiger partial charge in [-0.1, -0.05) is 212 Å². The summed E-state index contributed by atoms with van der Waals surface area (Å²) in [4.78, 5) is 0. The zero-order valence-electron chi connectivity index (χ0n) is 29.8. The van der Waals surface area contributed by atoms with Crippen LogP contribution in [0.5, 0.6) is 0 Å². The van der Waals surface area contributed by atoms with Crippen LogP contribution >= 0.6 is 23.7 Å². The van der Waals surface area contributed by atoms with Gasteiger partial charge >= 0.3 is 0 Å². The first-order chi connectivity index (χ1) is 21.8. The number of unbranched alkanes of at least 4 members (excludes halogenated alkanes) is 30. The van der Waals surface area contributed by atoms with Crippen molar-refractivity contribution >= 4 is 29.5 Å². The molecule has 44 heavy (non-hydrogen) atoms. The van der Waals surface area contributed by atoms with E-state index >= 15 is 0 Å². The highest BCUT2D eigenvalue weighted by atomic mass is 32.2. The van der Waals surface area contributed by atoms with Crippen LogP contribution in [-0.2, 0) is 0 Å². The first kappa shape index (κ1) is 41.7. The average molecular weight is 653 g/mol. The molecule has 0 aliphatic carbocycles. The van der Waals surface area contributed by atoms with Crippen LogP contribution in [0.3, 0.4) is 0 Å². The zero-order chi connectivity index (χ0) is 31.6. The number of hydrogen-bond donors (Lipinski definition) is 1. The Morgan fingerprint density at radius 3 is 1.07 bits per heavy atom. The van der Waals surface area contributed by atoms with Crippen molar-refractivity contribution < 1.29 is 0 Å². The molecule has 0 unspecified atom stereocenters. The van der Waals surface area contributed by atoms with Gasteiger partial charge < -0.3 is 5.73 Å². The molecule has 0 saturated heterocycles. The van der Waals surface area contributed by atoms with E-state index < -0.39 is 0 Å². The molecule has 0 aliphatic rings. The summed E-state index contributed by atoms with van der Waals surface area (Å²) in [5.74, 6) is 2.92. The van der Waals surface area contributed by atoms with Gasteiger partial charge in [-0.25, -0.2) is 0 Å². The van der Waals surface area contributed by atoms with E-state index in [0.29, 0.717) is 0 Å². The highest BCUT2D eigenvalue weighted by Crippen LogP contribution is 2.26. The molecule has 0 spiro atoms. The average Bonchev–Trinajstić information content (AvgIpc) is 3.38. The van der Waals surface area contributed by atoms with Crippen LogP contribution in [0, 0.1) is 0 Å². The predicted octanol–water partition coefficient (Wildman–Crippen LogP) is 14.0. The van der Waals surface area contributed by atoms with Crippen molar-refractivity contribution in [1.29, 1.82) is 0 Å². The summed E-state index contributed by atoms with van der Waals surface area (Å²) in [6.07, 6.45) is 45.2. The normalized spacial score (nSPS) is 11.6. The molecule has 0 aliphatic heterocycles. The fourth-order valence-corrected chi connectivity index (χ4v) is 7.83. The molecule has 0 bridgehead atoms. The van der Waals surface area contributed by atoms with Crippen molar-refractivity contribution in [3.63, 3.8) is 0 Å². The van der Waals surface area contributed by atoms with Crippen LogP contribution in [0.2, 0.25) is 0 Å². The number of anilines is 1. The maximum absolute atomic E-state index is 6.34. The van der Waals surface area contributed by atoms with Crippen LogP contribution < -0.4 is 5.73 Å². The van der Waals surface area contributed by atoms with Gasteiger partial charge in [0.25, 0.3) is 0 Å². The molecule has 1 heterocycles. The summed E-state index contributed by atoms with van der Waals surface area (Å²) in [7, 11) is 0. The Bertz CT molecular complexity index is 641. The minimum Gasteiger partial charge on any atom is -0.381 e. The molecule has 260 valence electrons. The monoisotopic (exact) mass is 653 g/mol. The van der Waals surface area contributed by atoms with E-state index in [0.717, 1.165) is 22.3 Å². The smallest absolute Gasteiger partial charge is 0.168 e. The van der Waals surface area contributed by atoms with Gasteiger partial charge in [0.2, 0.25) is 0 Å². The van der Waals surface area contributed by atoms with Crippen LogP contribution in [0.4, 0.5) is 5.82 Å². The number of nitrogens with zero attached hydrogens (tertiary/aromatic N) is 3. The van der Waals surface area contributed by atoms with Crippen LogP contribution in [0.1, 0.15) is 219 Å². The number of nitrogen functional groups attached to an aromatic ring is 1. The Morgan fingerprint density at radius 2 is 0.727 bits per heavy atom. The molecule has 0 amide bonds. The first-order valence-electron chi connectivity index (χ1n) is 19.8. The minimum atomic E-state index is 0.744. The van der Waals surface area contributed by atoms with Gasteiger partial charge in [-0.15, -0.1) is 16.9 Å². The lowest BCUT2D eigenvalue weighted by atomic mass is 10.0. The molecule has 1 rings (SSSR count). The Balaban J connectivity index is 1.83. The summed E-state index contributed by atoms with van der Waals surface area (Å²) in [5.41, 5.74) is 6.34. The zero-order valence-corrected chi connectivity index (χ0v) is 31.4. The molecule has 1 aromatic rings. The number of thioether (sulfide) groups is 1. The van der Waals surface area contributed by atoms with Crippen LogP contribution in [-0.4, -0.2) is 25.9 Å². The van der Waals surface area contributed by atoms with Crippen molar-refractivity contribution in [2.24, 2.45) is 0 Å². The van der Waals surface area contributed by atoms with E-state index in [1.54, 1.807) is 23.7 Å². The molecule has 0 fully saturated rings. The second-order valence-electron chi connectivity index (χ2n) is 13.4. The fourth-order valence-electron chi connectivity index (χ4n) is 6.08. The number of aromatic nitrogens is 3. The molecule has 1 aromatic heterocycles. The lowest BCUT2D eigenvalue weighted by Crippen LogP contribution is -1.99. The van der Waals surface area contributed by atoms with E-state index in [-0.39, 0.29) is 0 Å². The summed E-state index contributed by atoms with van der Waals surface area (Å²) >= 11 is 3.51. The molecule has 0 radical (unpaired) electrons. The second-order valence-corrected chi connectivity index (χ2v) is 15.5. The van der Waals surface area contributed by atoms with E-state index in [1.165, 1.54) is 205 Å². The SMILES string of the molecule is CCCCCCCCCCCCCCCCCCSc1nnn(SCCCCCCCCCCCCCCCCCC)c1N. The quantitative estimate of drug-likeness (QED) is 0.0577. The second kappa shape index (κ2) is 34.0. The van der Waals surface area contributed by atoms with Gasteiger partial charge in [0.15, 0.2) is 10.8 Å². The fraction of sp³-hybridized carbons (Fsp3) is 0.947. The van der Waals surface area contributed by atoms with E-state index in [1.807, 2.05) is 4.09 Å². The van der Waals surface area contributed by atoms with Gasteiger partial charge in [0.1, 0.15) is 0 Å². The molecular formula is C38H76N4S2. The lowest BCUT2D eigenvalue weighted by Gasteiger charge is -2.05. The van der Waals surface area contributed by atoms with Crippen molar-refractivity contribution in [3.8, 4) is 0 Å². The van der Waals surface area contributed by atoms with E-state index in [9.17, 15) is 0 Å². The Labute approximate surface area is 284 Å². The first-order valence-corrected chi connectivity index (χ1v) is 21.7. The van der Waals surface area contributed by atoms with Crippen molar-refractivity contribution in [2.75, 3.05) is 17.2 Å². The summed E-state index contributed by atoms with van der Waals surface area (Å²) in [6.45, 7) is 4.60. The topological polar surface area (TPSA) is 56.7 Å². The highest BCUT2D eigenvalue weighted by Gasteiger charge is 2.10. The van der Waals surface area contributed by atoms with Crippen molar-refractivity contribution in [3.05, 3.63) is 0 Å². The summed E-state index contributed by atoms with van der Waals surface area (Å²) < 4.78 is 1.85. The Hall–Kier alpha value is -0.360. The third kappa shape index (κ3) is 26.8. The molecule has 0 aromatic carbocycles. The molecule has 0 atom stereocenters. The van der Waals surface area contributed by atoms with Gasteiger partial charge in [0, 0.05) is 5.75 Å². The Morgan fingerprint density at radius 1 is 0.432 bits per heavy atom. The van der Waals surface area contributed by atoms with Gasteiger partial charge in [-0.05, 0) is 30.5 Å². The van der Waals surface area contributed by atoms with Gasteiger partial charge in [-0.2, -0.15) is 4.09 Å². The lowest BCUT2D eigenvalue weighted by molar-refractivity contribution is 0.531. The largest absolute Gasteiger partial charge is 0.381 e. The minimum absolute atomic E-state index is 0.744. The maximum Gasteiger partial charge on any atom is 0.168 e. The number of rotatable bonds is 36. The number of hydrogen-bond acceptors (Lipinski definition) is 5. The van der Waals surface area contributed by atoms with Crippen LogP contribution in [0.15, 0.2) is 5.03 Å². The molecule has 2 N–H and O–H groups in total. The third-order valence-electron chi connectivity index (χ3n) is 9.09. The van der Waals surface area contributed by atoms with Crippen molar-refractivity contribution in [1.82, 2.24) is 14.4 Å². The molecule has 6 heteroatoms. The predicted molar refractivity (Wildman–Crippen MR) is 202 cm³/mol. The summed E-state index contributed by atoms with van der Waals surface area (Å²) in [5, 5.41) is 9.58. The third-order valence-corrected chi connectivity index (χ3v) is 11.1. The summed E-state index contributed by atoms with van der Waals surface area (Å²) in [6, 6.07) is 0. The maximum atomic E-state index is 6.34. The van der Waals surface area contributed by atoms with Gasteiger partial charge in [0.05, 0.1) is 0 Å². The Kier molecular flexibility index (Phi) is 32.2. The van der Waals surface area contributed by atoms with E-state index in [2.05, 4.69) is 24.2 Å². The standard InChI is InChI=1S/C38H76N4S2/c1-3-5-7-9-11-13-15-17-19-21-23-25-27-29-31-33-35-43-38-37(39)42(41-40-38)44-36-34-32-30-28-26-24-22-20-18-16-14-12-10-8-6-4-2/h3-36,39H2,1-2H3. The van der Waals surface area contributed by atoms with E-state index in [4.69, 9.17) is 5.73 Å². The van der Waals surface area contributed by atoms with Crippen LogP contribution in [0.25, 0.3) is 0 Å².